The van der Waals surface area contributed by atoms with Crippen molar-refractivity contribution in [1.82, 2.24) is 25.3 Å². The van der Waals surface area contributed by atoms with Crippen LogP contribution in [0.5, 0.6) is 0 Å². The molecule has 1 aromatic heterocycles. The predicted octanol–water partition coefficient (Wildman–Crippen LogP) is 3.63. The summed E-state index contributed by atoms with van der Waals surface area (Å²) in [7, 11) is 0. The Morgan fingerprint density at radius 2 is 1.91 bits per heavy atom. The number of hydrogen-bond donors (Lipinski definition) is 2. The Hall–Kier alpha value is -2.87. The van der Waals surface area contributed by atoms with Gasteiger partial charge in [0, 0.05) is 18.1 Å². The maximum atomic E-state index is 12.9. The second-order valence-electron chi connectivity index (χ2n) is 8.77. The third kappa shape index (κ3) is 4.11. The van der Waals surface area contributed by atoms with E-state index >= 15 is 0 Å². The minimum absolute atomic E-state index is 0.0717. The van der Waals surface area contributed by atoms with Gasteiger partial charge >= 0.3 is 6.03 Å². The molecule has 2 fully saturated rings. The second kappa shape index (κ2) is 8.94. The van der Waals surface area contributed by atoms with Crippen molar-refractivity contribution in [3.63, 3.8) is 0 Å². The van der Waals surface area contributed by atoms with Gasteiger partial charge in [-0.1, -0.05) is 38.3 Å². The topological polar surface area (TPSA) is 96.3 Å². The maximum Gasteiger partial charge on any atom is 0.325 e. The van der Waals surface area contributed by atoms with Crippen molar-refractivity contribution in [3.05, 3.63) is 46.7 Å². The van der Waals surface area contributed by atoms with Crippen molar-refractivity contribution in [2.24, 2.45) is 0 Å². The van der Waals surface area contributed by atoms with Gasteiger partial charge in [-0.3, -0.25) is 14.5 Å². The molecule has 0 bridgehead atoms. The molecule has 0 atom stereocenters. The number of nitrogens with zero attached hydrogens (tertiary/aromatic N) is 3. The zero-order valence-corrected chi connectivity index (χ0v) is 19.1. The molecule has 4 amide bonds. The van der Waals surface area contributed by atoms with Gasteiger partial charge in [-0.05, 0) is 49.4 Å². The van der Waals surface area contributed by atoms with E-state index in [4.69, 9.17) is 11.6 Å². The molecule has 2 heterocycles. The average molecular weight is 458 g/mol. The molecule has 8 nitrogen and oxygen atoms in total. The molecule has 2 aromatic rings. The summed E-state index contributed by atoms with van der Waals surface area (Å²) in [5.74, 6) is -0.279. The van der Waals surface area contributed by atoms with Gasteiger partial charge in [-0.25, -0.2) is 9.48 Å². The van der Waals surface area contributed by atoms with Crippen molar-refractivity contribution >= 4 is 29.4 Å². The molecule has 1 saturated heterocycles. The highest BCUT2D eigenvalue weighted by molar-refractivity contribution is 6.30. The Morgan fingerprint density at radius 3 is 2.56 bits per heavy atom. The summed E-state index contributed by atoms with van der Waals surface area (Å²) in [6.45, 7) is 4.66. The van der Waals surface area contributed by atoms with Crippen LogP contribution in [0, 0.1) is 0 Å². The second-order valence-corrected chi connectivity index (χ2v) is 9.21. The van der Waals surface area contributed by atoms with Crippen LogP contribution in [0.25, 0.3) is 5.69 Å². The molecule has 1 aliphatic carbocycles. The van der Waals surface area contributed by atoms with Gasteiger partial charge in [0.25, 0.3) is 11.8 Å². The molecule has 1 aliphatic heterocycles. The van der Waals surface area contributed by atoms with Gasteiger partial charge in [0.2, 0.25) is 0 Å². The number of imide groups is 1. The Balaban J connectivity index is 1.37. The SMILES string of the molecule is CC(C)c1c(C(=O)NCCCN2C(=O)NC3(CCCC3)C2=O)cnn1-c1ccc(Cl)cc1. The normalized spacial score (nSPS) is 17.4. The van der Waals surface area contributed by atoms with Gasteiger partial charge in [-0.15, -0.1) is 0 Å². The zero-order chi connectivity index (χ0) is 22.9. The highest BCUT2D eigenvalue weighted by atomic mass is 35.5. The van der Waals surface area contributed by atoms with Crippen molar-refractivity contribution in [1.29, 1.82) is 0 Å². The van der Waals surface area contributed by atoms with E-state index in [1.807, 2.05) is 26.0 Å². The first-order chi connectivity index (χ1) is 15.3. The van der Waals surface area contributed by atoms with Crippen LogP contribution in [-0.2, 0) is 4.79 Å². The lowest BCUT2D eigenvalue weighted by atomic mass is 9.98. The maximum absolute atomic E-state index is 12.9. The first-order valence-electron chi connectivity index (χ1n) is 11.1. The van der Waals surface area contributed by atoms with Gasteiger partial charge in [0.05, 0.1) is 23.1 Å². The van der Waals surface area contributed by atoms with Gasteiger partial charge < -0.3 is 10.6 Å². The van der Waals surface area contributed by atoms with E-state index in [0.29, 0.717) is 36.4 Å². The lowest BCUT2D eigenvalue weighted by Gasteiger charge is -2.20. The standard InChI is InChI=1S/C23H28ClN5O3/c1-15(2)19-18(14-26-29(19)17-8-6-16(24)7-9-17)20(30)25-12-5-13-28-21(31)23(27-22(28)32)10-3-4-11-23/h6-9,14-15H,3-5,10-13H2,1-2H3,(H,25,30)(H,27,32). The quantitative estimate of drug-likeness (QED) is 0.490. The summed E-state index contributed by atoms with van der Waals surface area (Å²) in [5.41, 5.74) is 1.46. The van der Waals surface area contributed by atoms with Crippen LogP contribution in [0.15, 0.2) is 30.5 Å². The molecular formula is C23H28ClN5O3. The molecular weight excluding hydrogens is 430 g/mol. The Bertz CT molecular complexity index is 1020. The highest BCUT2D eigenvalue weighted by Crippen LogP contribution is 2.35. The van der Waals surface area contributed by atoms with Crippen LogP contribution in [0.3, 0.4) is 0 Å². The highest BCUT2D eigenvalue weighted by Gasteiger charge is 2.51. The Kier molecular flexibility index (Phi) is 6.24. The number of carbonyl (C=O) groups is 3. The number of hydrogen-bond acceptors (Lipinski definition) is 4. The van der Waals surface area contributed by atoms with Crippen LogP contribution >= 0.6 is 11.6 Å². The summed E-state index contributed by atoms with van der Waals surface area (Å²) in [6, 6.07) is 6.97. The fourth-order valence-electron chi connectivity index (χ4n) is 4.61. The molecule has 4 rings (SSSR count). The first-order valence-corrected chi connectivity index (χ1v) is 11.5. The van der Waals surface area contributed by atoms with Crippen LogP contribution in [-0.4, -0.2) is 51.2 Å². The van der Waals surface area contributed by atoms with E-state index in [0.717, 1.165) is 24.2 Å². The summed E-state index contributed by atoms with van der Waals surface area (Å²) in [4.78, 5) is 39.1. The van der Waals surface area contributed by atoms with Gasteiger partial charge in [0.1, 0.15) is 5.54 Å². The molecule has 2 aliphatic rings. The molecule has 170 valence electrons. The molecule has 1 saturated carbocycles. The largest absolute Gasteiger partial charge is 0.352 e. The fraction of sp³-hybridized carbons (Fsp3) is 0.478. The third-order valence-corrected chi connectivity index (χ3v) is 6.47. The summed E-state index contributed by atoms with van der Waals surface area (Å²) in [5, 5.41) is 10.8. The minimum atomic E-state index is -0.692. The summed E-state index contributed by atoms with van der Waals surface area (Å²) >= 11 is 5.99. The van der Waals surface area contributed by atoms with Crippen LogP contribution in [0.1, 0.15) is 67.9 Å². The number of urea groups is 1. The summed E-state index contributed by atoms with van der Waals surface area (Å²) < 4.78 is 1.75. The first kappa shape index (κ1) is 22.3. The number of halogens is 1. The minimum Gasteiger partial charge on any atom is -0.352 e. The van der Waals surface area contributed by atoms with Crippen molar-refractivity contribution in [2.45, 2.75) is 57.4 Å². The molecule has 0 radical (unpaired) electrons. The molecule has 1 spiro atoms. The average Bonchev–Trinajstić information content (AvgIpc) is 3.46. The van der Waals surface area contributed by atoms with Gasteiger partial charge in [0.15, 0.2) is 0 Å². The smallest absolute Gasteiger partial charge is 0.325 e. The van der Waals surface area contributed by atoms with Gasteiger partial charge in [-0.2, -0.15) is 5.10 Å². The van der Waals surface area contributed by atoms with Crippen molar-refractivity contribution in [3.8, 4) is 5.69 Å². The molecule has 0 unspecified atom stereocenters. The lowest BCUT2D eigenvalue weighted by Crippen LogP contribution is -2.44. The van der Waals surface area contributed by atoms with Crippen LogP contribution < -0.4 is 10.6 Å². The summed E-state index contributed by atoms with van der Waals surface area (Å²) in [6.07, 6.45) is 5.39. The van der Waals surface area contributed by atoms with E-state index in [1.165, 1.54) is 4.90 Å². The Labute approximate surface area is 192 Å². The molecule has 9 heteroatoms. The predicted molar refractivity (Wildman–Crippen MR) is 121 cm³/mol. The lowest BCUT2D eigenvalue weighted by molar-refractivity contribution is -0.131. The Morgan fingerprint density at radius 1 is 1.22 bits per heavy atom. The van der Waals surface area contributed by atoms with E-state index < -0.39 is 5.54 Å². The third-order valence-electron chi connectivity index (χ3n) is 6.22. The fourth-order valence-corrected chi connectivity index (χ4v) is 4.73. The molecule has 32 heavy (non-hydrogen) atoms. The number of carbonyl (C=O) groups excluding carboxylic acids is 3. The van der Waals surface area contributed by atoms with E-state index in [9.17, 15) is 14.4 Å². The molecule has 1 aromatic carbocycles. The zero-order valence-electron chi connectivity index (χ0n) is 18.4. The number of benzene rings is 1. The number of aromatic nitrogens is 2. The number of rotatable bonds is 7. The number of amides is 4. The van der Waals surface area contributed by atoms with E-state index in [1.54, 1.807) is 23.0 Å². The van der Waals surface area contributed by atoms with E-state index in [-0.39, 0.29) is 30.3 Å². The van der Waals surface area contributed by atoms with Crippen LogP contribution in [0.2, 0.25) is 5.02 Å². The van der Waals surface area contributed by atoms with Crippen molar-refractivity contribution in [2.75, 3.05) is 13.1 Å². The monoisotopic (exact) mass is 457 g/mol. The van der Waals surface area contributed by atoms with Crippen molar-refractivity contribution < 1.29 is 14.4 Å². The number of nitrogens with one attached hydrogen (secondary N) is 2. The van der Waals surface area contributed by atoms with Crippen LogP contribution in [0.4, 0.5) is 4.79 Å². The molecule has 2 N–H and O–H groups in total. The van der Waals surface area contributed by atoms with E-state index in [2.05, 4.69) is 15.7 Å².